The molecule has 0 heterocycles. The van der Waals surface area contributed by atoms with Gasteiger partial charge in [0, 0.05) is 0 Å². The number of benzene rings is 1. The van der Waals surface area contributed by atoms with Gasteiger partial charge in [0.25, 0.3) is 5.91 Å². The van der Waals surface area contributed by atoms with Crippen LogP contribution >= 0.6 is 0 Å². The lowest BCUT2D eigenvalue weighted by molar-refractivity contribution is -0.144. The summed E-state index contributed by atoms with van der Waals surface area (Å²) in [5.41, 5.74) is -0.810. The van der Waals surface area contributed by atoms with Gasteiger partial charge in [-0.25, -0.2) is 4.79 Å². The van der Waals surface area contributed by atoms with E-state index >= 15 is 0 Å². The molecule has 1 fully saturated rings. The number of carboxylic acids is 1. The molecule has 0 aromatic heterocycles. The van der Waals surface area contributed by atoms with E-state index in [0.29, 0.717) is 24.2 Å². The van der Waals surface area contributed by atoms with Crippen molar-refractivity contribution >= 4 is 11.9 Å². The smallest absolute Gasteiger partial charge is 0.329 e. The van der Waals surface area contributed by atoms with E-state index in [4.69, 9.17) is 4.74 Å². The molecule has 2 rings (SSSR count). The predicted molar refractivity (Wildman–Crippen MR) is 78.4 cm³/mol. The first-order valence-corrected chi connectivity index (χ1v) is 6.98. The van der Waals surface area contributed by atoms with Crippen LogP contribution in [0, 0.1) is 0 Å². The highest BCUT2D eigenvalue weighted by molar-refractivity contribution is 6.00. The molecule has 1 amide bonds. The number of amides is 1. The Morgan fingerprint density at radius 1 is 1.33 bits per heavy atom. The standard InChI is InChI=1S/C16H19NO4/c1-2-11-21-13-8-4-3-7-12(13)14(18)17-16(15(19)20)9-5-6-10-16/h2-4,7-8H,1,5-6,9-11H2,(H,17,18)(H,19,20). The van der Waals surface area contributed by atoms with Gasteiger partial charge in [-0.3, -0.25) is 4.79 Å². The molecule has 112 valence electrons. The van der Waals surface area contributed by atoms with Crippen molar-refractivity contribution in [1.82, 2.24) is 5.32 Å². The second-order valence-corrected chi connectivity index (χ2v) is 5.14. The molecule has 1 aromatic carbocycles. The lowest BCUT2D eigenvalue weighted by Gasteiger charge is -2.25. The highest BCUT2D eigenvalue weighted by Gasteiger charge is 2.42. The number of carboxylic acid groups (broad SMARTS) is 1. The van der Waals surface area contributed by atoms with Gasteiger partial charge in [-0.05, 0) is 25.0 Å². The molecule has 5 heteroatoms. The molecular formula is C16H19NO4. The van der Waals surface area contributed by atoms with Crippen LogP contribution in [0.4, 0.5) is 0 Å². The van der Waals surface area contributed by atoms with Gasteiger partial charge in [-0.1, -0.05) is 37.6 Å². The number of carbonyl (C=O) groups is 2. The van der Waals surface area contributed by atoms with Gasteiger partial charge in [-0.2, -0.15) is 0 Å². The lowest BCUT2D eigenvalue weighted by atomic mass is 9.97. The molecule has 0 aliphatic heterocycles. The number of hydrogen-bond donors (Lipinski definition) is 2. The Kier molecular flexibility index (Phi) is 4.62. The summed E-state index contributed by atoms with van der Waals surface area (Å²) >= 11 is 0. The van der Waals surface area contributed by atoms with E-state index in [2.05, 4.69) is 11.9 Å². The summed E-state index contributed by atoms with van der Waals surface area (Å²) in [5, 5.41) is 12.1. The third-order valence-corrected chi connectivity index (χ3v) is 3.71. The van der Waals surface area contributed by atoms with Crippen molar-refractivity contribution in [3.63, 3.8) is 0 Å². The van der Waals surface area contributed by atoms with Gasteiger partial charge in [0.15, 0.2) is 0 Å². The SMILES string of the molecule is C=CCOc1ccccc1C(=O)NC1(C(=O)O)CCCC1. The third kappa shape index (κ3) is 3.24. The molecule has 2 N–H and O–H groups in total. The zero-order valence-electron chi connectivity index (χ0n) is 11.8. The zero-order valence-corrected chi connectivity index (χ0v) is 11.8. The number of carbonyl (C=O) groups excluding carboxylic acids is 1. The maximum atomic E-state index is 12.4. The Bertz CT molecular complexity index is 547. The summed E-state index contributed by atoms with van der Waals surface area (Å²) < 4.78 is 5.44. The Morgan fingerprint density at radius 2 is 2.00 bits per heavy atom. The predicted octanol–water partition coefficient (Wildman–Crippen LogP) is 2.38. The minimum atomic E-state index is -1.15. The number of hydrogen-bond acceptors (Lipinski definition) is 3. The average molecular weight is 289 g/mol. The van der Waals surface area contributed by atoms with E-state index in [0.717, 1.165) is 12.8 Å². The van der Waals surface area contributed by atoms with E-state index in [1.54, 1.807) is 30.3 Å². The molecule has 1 saturated carbocycles. The summed E-state index contributed by atoms with van der Waals surface area (Å²) in [6.07, 6.45) is 4.13. The van der Waals surface area contributed by atoms with Crippen LogP contribution in [0.15, 0.2) is 36.9 Å². The zero-order chi connectivity index (χ0) is 15.3. The minimum absolute atomic E-state index is 0.286. The van der Waals surface area contributed by atoms with Crippen molar-refractivity contribution < 1.29 is 19.4 Å². The highest BCUT2D eigenvalue weighted by atomic mass is 16.5. The number of aliphatic carboxylic acids is 1. The van der Waals surface area contributed by atoms with Crippen LogP contribution in [0.2, 0.25) is 0 Å². The van der Waals surface area contributed by atoms with Gasteiger partial charge in [0.1, 0.15) is 17.9 Å². The summed E-state index contributed by atoms with van der Waals surface area (Å²) in [5.74, 6) is -0.967. The van der Waals surface area contributed by atoms with E-state index in [9.17, 15) is 14.7 Å². The quantitative estimate of drug-likeness (QED) is 0.788. The maximum absolute atomic E-state index is 12.4. The third-order valence-electron chi connectivity index (χ3n) is 3.71. The van der Waals surface area contributed by atoms with Crippen LogP contribution < -0.4 is 10.1 Å². The summed E-state index contributed by atoms with van der Waals surface area (Å²) in [6.45, 7) is 3.85. The van der Waals surface area contributed by atoms with Crippen molar-refractivity contribution in [2.24, 2.45) is 0 Å². The summed E-state index contributed by atoms with van der Waals surface area (Å²) in [6, 6.07) is 6.79. The fourth-order valence-corrected chi connectivity index (χ4v) is 2.58. The van der Waals surface area contributed by atoms with E-state index in [-0.39, 0.29) is 6.61 Å². The molecule has 1 aliphatic carbocycles. The number of para-hydroxylation sites is 1. The summed E-state index contributed by atoms with van der Waals surface area (Å²) in [4.78, 5) is 23.9. The fraction of sp³-hybridized carbons (Fsp3) is 0.375. The molecule has 0 spiro atoms. The molecule has 0 unspecified atom stereocenters. The van der Waals surface area contributed by atoms with Gasteiger partial charge in [0.05, 0.1) is 5.56 Å². The van der Waals surface area contributed by atoms with Crippen molar-refractivity contribution in [1.29, 1.82) is 0 Å². The van der Waals surface area contributed by atoms with Crippen molar-refractivity contribution in [3.8, 4) is 5.75 Å². The minimum Gasteiger partial charge on any atom is -0.489 e. The van der Waals surface area contributed by atoms with Crippen LogP contribution in [-0.2, 0) is 4.79 Å². The number of ether oxygens (including phenoxy) is 1. The van der Waals surface area contributed by atoms with Crippen LogP contribution in [0.25, 0.3) is 0 Å². The van der Waals surface area contributed by atoms with E-state index < -0.39 is 17.4 Å². The molecule has 0 bridgehead atoms. The number of nitrogens with one attached hydrogen (secondary N) is 1. The van der Waals surface area contributed by atoms with Crippen LogP contribution in [0.3, 0.4) is 0 Å². The Balaban J connectivity index is 2.20. The summed E-state index contributed by atoms with van der Waals surface area (Å²) in [7, 11) is 0. The average Bonchev–Trinajstić information content (AvgIpc) is 2.95. The normalized spacial score (nSPS) is 16.2. The van der Waals surface area contributed by atoms with E-state index in [1.807, 2.05) is 0 Å². The maximum Gasteiger partial charge on any atom is 0.329 e. The highest BCUT2D eigenvalue weighted by Crippen LogP contribution is 2.31. The van der Waals surface area contributed by atoms with E-state index in [1.165, 1.54) is 0 Å². The monoisotopic (exact) mass is 289 g/mol. The van der Waals surface area contributed by atoms with Crippen LogP contribution in [0.5, 0.6) is 5.75 Å². The molecule has 5 nitrogen and oxygen atoms in total. The molecule has 21 heavy (non-hydrogen) atoms. The fourth-order valence-electron chi connectivity index (χ4n) is 2.58. The second kappa shape index (κ2) is 6.43. The van der Waals surface area contributed by atoms with Gasteiger partial charge in [0.2, 0.25) is 0 Å². The first kappa shape index (κ1) is 15.1. The Labute approximate surface area is 123 Å². The first-order valence-electron chi connectivity index (χ1n) is 6.98. The molecule has 0 atom stereocenters. The van der Waals surface area contributed by atoms with Crippen LogP contribution in [0.1, 0.15) is 36.0 Å². The number of rotatable bonds is 6. The lowest BCUT2D eigenvalue weighted by Crippen LogP contribution is -2.52. The van der Waals surface area contributed by atoms with Crippen LogP contribution in [-0.4, -0.2) is 29.1 Å². The van der Waals surface area contributed by atoms with Crippen molar-refractivity contribution in [2.45, 2.75) is 31.2 Å². The Hall–Kier alpha value is -2.30. The first-order chi connectivity index (χ1) is 10.1. The van der Waals surface area contributed by atoms with Crippen molar-refractivity contribution in [3.05, 3.63) is 42.5 Å². The molecule has 0 radical (unpaired) electrons. The van der Waals surface area contributed by atoms with Gasteiger partial charge >= 0.3 is 5.97 Å². The Morgan fingerprint density at radius 3 is 2.62 bits per heavy atom. The molecule has 0 saturated heterocycles. The van der Waals surface area contributed by atoms with Gasteiger partial charge < -0.3 is 15.2 Å². The van der Waals surface area contributed by atoms with Crippen molar-refractivity contribution in [2.75, 3.05) is 6.61 Å². The molecular weight excluding hydrogens is 270 g/mol. The molecule has 1 aliphatic rings. The molecule has 1 aromatic rings. The topological polar surface area (TPSA) is 75.6 Å². The van der Waals surface area contributed by atoms with Gasteiger partial charge in [-0.15, -0.1) is 0 Å². The largest absolute Gasteiger partial charge is 0.489 e. The second-order valence-electron chi connectivity index (χ2n) is 5.14.